The maximum atomic E-state index is 13.4. The minimum Gasteiger partial charge on any atom is -0.258 e. The van der Waals surface area contributed by atoms with E-state index in [1.807, 2.05) is 0 Å². The summed E-state index contributed by atoms with van der Waals surface area (Å²) in [5.74, 6) is -1.38. The van der Waals surface area contributed by atoms with Crippen LogP contribution in [0.1, 0.15) is 6.42 Å². The minimum absolute atomic E-state index is 0.294. The van der Waals surface area contributed by atoms with E-state index in [1.54, 1.807) is 0 Å². The van der Waals surface area contributed by atoms with E-state index in [0.29, 0.717) is 10.4 Å². The first-order valence-electron chi connectivity index (χ1n) is 5.43. The average Bonchev–Trinajstić information content (AvgIpc) is 2.34. The fraction of sp³-hybridized carbons (Fsp3) is 0.400. The van der Waals surface area contributed by atoms with Crippen LogP contribution >= 0.6 is 0 Å². The second-order valence-corrected chi connectivity index (χ2v) is 6.05. The van der Waals surface area contributed by atoms with E-state index >= 15 is 0 Å². The largest absolute Gasteiger partial charge is 0.390 e. The first-order valence-corrected chi connectivity index (χ1v) is 6.87. The number of hydrogen-bond acceptors (Lipinski definition) is 4. The van der Waals surface area contributed by atoms with Crippen molar-refractivity contribution in [3.8, 4) is 0 Å². The van der Waals surface area contributed by atoms with Crippen LogP contribution in [0, 0.1) is 15.9 Å². The summed E-state index contributed by atoms with van der Waals surface area (Å²) in [5.41, 5.74) is -1.30. The van der Waals surface area contributed by atoms with Gasteiger partial charge in [0.2, 0.25) is 15.8 Å². The number of nitrogens with zero attached hydrogens (tertiary/aromatic N) is 2. The van der Waals surface area contributed by atoms with Gasteiger partial charge in [-0.3, -0.25) is 10.1 Å². The van der Waals surface area contributed by atoms with Crippen molar-refractivity contribution in [2.75, 3.05) is 13.6 Å². The van der Waals surface area contributed by atoms with Crippen molar-refractivity contribution in [3.63, 3.8) is 0 Å². The lowest BCUT2D eigenvalue weighted by atomic mass is 10.3. The molecule has 0 spiro atoms. The number of halogens is 4. The Morgan fingerprint density at radius 3 is 2.38 bits per heavy atom. The molecule has 11 heteroatoms. The lowest BCUT2D eigenvalue weighted by Crippen LogP contribution is -2.31. The average molecular weight is 330 g/mol. The molecule has 0 saturated heterocycles. The summed E-state index contributed by atoms with van der Waals surface area (Å²) < 4.78 is 74.0. The van der Waals surface area contributed by atoms with Crippen molar-refractivity contribution in [1.82, 2.24) is 4.31 Å². The number of nitro benzene ring substituents is 1. The summed E-state index contributed by atoms with van der Waals surface area (Å²) in [7, 11) is -3.78. The molecule has 0 aliphatic heterocycles. The molecule has 0 heterocycles. The monoisotopic (exact) mass is 330 g/mol. The van der Waals surface area contributed by atoms with Crippen LogP contribution in [-0.2, 0) is 10.0 Å². The highest BCUT2D eigenvalue weighted by atomic mass is 32.2. The van der Waals surface area contributed by atoms with Gasteiger partial charge in [-0.15, -0.1) is 0 Å². The van der Waals surface area contributed by atoms with Gasteiger partial charge in [-0.2, -0.15) is 17.6 Å². The summed E-state index contributed by atoms with van der Waals surface area (Å²) in [6.45, 7) is -0.931. The van der Waals surface area contributed by atoms with Gasteiger partial charge in [-0.05, 0) is 12.1 Å². The zero-order valence-corrected chi connectivity index (χ0v) is 11.4. The molecule has 6 nitrogen and oxygen atoms in total. The van der Waals surface area contributed by atoms with E-state index in [2.05, 4.69) is 0 Å². The van der Waals surface area contributed by atoms with Gasteiger partial charge in [0.25, 0.3) is 0 Å². The van der Waals surface area contributed by atoms with Gasteiger partial charge in [-0.25, -0.2) is 12.7 Å². The molecule has 0 atom stereocenters. The number of sulfonamides is 1. The van der Waals surface area contributed by atoms with Crippen LogP contribution in [0.2, 0.25) is 0 Å². The zero-order chi connectivity index (χ0) is 16.4. The van der Waals surface area contributed by atoms with Crippen LogP contribution in [-0.4, -0.2) is 37.4 Å². The normalized spacial score (nSPS) is 12.7. The Kier molecular flexibility index (Phi) is 4.89. The van der Waals surface area contributed by atoms with Crippen molar-refractivity contribution in [2.24, 2.45) is 0 Å². The van der Waals surface area contributed by atoms with Crippen LogP contribution in [0.3, 0.4) is 0 Å². The standard InChI is InChI=1S/C10H10F4N2O4S/c1-15(6-5-10(12,13)14)21(19,20)8-4-2-3-7(11)9(8)16(17)18/h2-4H,5-6H2,1H3. The third-order valence-corrected chi connectivity index (χ3v) is 4.42. The molecule has 0 unspecified atom stereocenters. The Bertz CT molecular complexity index is 645. The zero-order valence-electron chi connectivity index (χ0n) is 10.6. The molecule has 0 saturated carbocycles. The predicted octanol–water partition coefficient (Wildman–Crippen LogP) is 2.31. The maximum absolute atomic E-state index is 13.4. The molecule has 21 heavy (non-hydrogen) atoms. The van der Waals surface area contributed by atoms with Gasteiger partial charge in [0.05, 0.1) is 11.3 Å². The van der Waals surface area contributed by atoms with Gasteiger partial charge < -0.3 is 0 Å². The summed E-state index contributed by atoms with van der Waals surface area (Å²) in [4.78, 5) is 8.51. The van der Waals surface area contributed by atoms with Gasteiger partial charge in [0, 0.05) is 13.6 Å². The molecular weight excluding hydrogens is 320 g/mol. The Morgan fingerprint density at radius 1 is 1.33 bits per heavy atom. The van der Waals surface area contributed by atoms with E-state index in [-0.39, 0.29) is 0 Å². The Labute approximate surface area is 117 Å². The second kappa shape index (κ2) is 5.93. The van der Waals surface area contributed by atoms with Crippen LogP contribution in [0.25, 0.3) is 0 Å². The summed E-state index contributed by atoms with van der Waals surface area (Å²) >= 11 is 0. The third-order valence-electron chi connectivity index (χ3n) is 2.53. The number of alkyl halides is 3. The Hall–Kier alpha value is -1.75. The fourth-order valence-corrected chi connectivity index (χ4v) is 2.79. The Morgan fingerprint density at radius 2 is 1.90 bits per heavy atom. The molecule has 0 radical (unpaired) electrons. The molecule has 118 valence electrons. The lowest BCUT2D eigenvalue weighted by molar-refractivity contribution is -0.390. The Balaban J connectivity index is 3.20. The molecule has 0 aromatic heterocycles. The molecule has 1 aromatic carbocycles. The van der Waals surface area contributed by atoms with Gasteiger partial charge >= 0.3 is 11.9 Å². The molecule has 0 aliphatic rings. The van der Waals surface area contributed by atoms with Crippen molar-refractivity contribution < 1.29 is 30.9 Å². The van der Waals surface area contributed by atoms with Crippen LogP contribution in [0.5, 0.6) is 0 Å². The van der Waals surface area contributed by atoms with Crippen molar-refractivity contribution in [1.29, 1.82) is 0 Å². The minimum atomic E-state index is -4.61. The molecular formula is C10H10F4N2O4S. The highest BCUT2D eigenvalue weighted by molar-refractivity contribution is 7.89. The van der Waals surface area contributed by atoms with Gasteiger partial charge in [0.15, 0.2) is 4.90 Å². The van der Waals surface area contributed by atoms with Crippen molar-refractivity contribution >= 4 is 15.7 Å². The summed E-state index contributed by atoms with van der Waals surface area (Å²) in [6, 6.07) is 2.38. The van der Waals surface area contributed by atoms with Crippen LogP contribution in [0.4, 0.5) is 23.2 Å². The predicted molar refractivity (Wildman–Crippen MR) is 63.5 cm³/mol. The van der Waals surface area contributed by atoms with Gasteiger partial charge in [0.1, 0.15) is 0 Å². The molecule has 0 aliphatic carbocycles. The topological polar surface area (TPSA) is 80.5 Å². The first-order chi connectivity index (χ1) is 9.47. The highest BCUT2D eigenvalue weighted by Crippen LogP contribution is 2.29. The quantitative estimate of drug-likeness (QED) is 0.471. The fourth-order valence-electron chi connectivity index (χ4n) is 1.45. The van der Waals surface area contributed by atoms with Crippen LogP contribution < -0.4 is 0 Å². The SMILES string of the molecule is CN(CCC(F)(F)F)S(=O)(=O)c1cccc(F)c1[N+](=O)[O-]. The third kappa shape index (κ3) is 4.11. The lowest BCUT2D eigenvalue weighted by Gasteiger charge is -2.18. The summed E-state index contributed by atoms with van der Waals surface area (Å²) in [5, 5.41) is 10.7. The number of nitro groups is 1. The molecule has 0 bridgehead atoms. The number of rotatable bonds is 5. The first kappa shape index (κ1) is 17.3. The molecule has 0 fully saturated rings. The van der Waals surface area contributed by atoms with E-state index in [9.17, 15) is 36.1 Å². The molecule has 0 amide bonds. The van der Waals surface area contributed by atoms with Gasteiger partial charge in [-0.1, -0.05) is 6.07 Å². The van der Waals surface area contributed by atoms with E-state index in [1.165, 1.54) is 0 Å². The smallest absolute Gasteiger partial charge is 0.258 e. The van der Waals surface area contributed by atoms with Crippen molar-refractivity contribution in [3.05, 3.63) is 34.1 Å². The molecule has 1 rings (SSSR count). The molecule has 1 aromatic rings. The molecule has 0 N–H and O–H groups in total. The number of para-hydroxylation sites is 1. The number of benzene rings is 1. The van der Waals surface area contributed by atoms with Crippen LogP contribution in [0.15, 0.2) is 23.1 Å². The maximum Gasteiger partial charge on any atom is 0.390 e. The second-order valence-electron chi connectivity index (χ2n) is 4.04. The van der Waals surface area contributed by atoms with E-state index in [0.717, 1.165) is 19.2 Å². The van der Waals surface area contributed by atoms with E-state index in [4.69, 9.17) is 0 Å². The van der Waals surface area contributed by atoms with Crippen molar-refractivity contribution in [2.45, 2.75) is 17.5 Å². The number of hydrogen-bond donors (Lipinski definition) is 0. The highest BCUT2D eigenvalue weighted by Gasteiger charge is 2.35. The summed E-state index contributed by atoms with van der Waals surface area (Å²) in [6.07, 6.45) is -6.01. The van der Waals surface area contributed by atoms with E-state index < -0.39 is 50.5 Å².